The van der Waals surface area contributed by atoms with Crippen molar-refractivity contribution in [3.05, 3.63) is 24.5 Å². The van der Waals surface area contributed by atoms with E-state index in [0.717, 1.165) is 18.8 Å². The topological polar surface area (TPSA) is 36.4 Å². The zero-order chi connectivity index (χ0) is 9.26. The Balaban J connectivity index is 2.12. The molecule has 1 N–H and O–H groups in total. The van der Waals surface area contributed by atoms with Crippen LogP contribution in [-0.4, -0.2) is 29.3 Å². The van der Waals surface area contributed by atoms with Crippen LogP contribution in [0.15, 0.2) is 24.5 Å². The second-order valence-electron chi connectivity index (χ2n) is 3.66. The fourth-order valence-electron chi connectivity index (χ4n) is 1.72. The van der Waals surface area contributed by atoms with E-state index in [2.05, 4.69) is 16.8 Å². The van der Waals surface area contributed by atoms with Crippen molar-refractivity contribution in [2.45, 2.75) is 13.0 Å². The molecule has 0 aliphatic carbocycles. The van der Waals surface area contributed by atoms with Gasteiger partial charge < -0.3 is 10.0 Å². The summed E-state index contributed by atoms with van der Waals surface area (Å²) in [4.78, 5) is 6.16. The molecule has 1 fully saturated rings. The minimum atomic E-state index is -0.187. The van der Waals surface area contributed by atoms with Crippen LogP contribution in [0.25, 0.3) is 0 Å². The predicted molar refractivity (Wildman–Crippen MR) is 51.6 cm³/mol. The summed E-state index contributed by atoms with van der Waals surface area (Å²) in [6.45, 7) is 3.75. The Kier molecular flexibility index (Phi) is 2.19. The minimum Gasteiger partial charge on any atom is -0.391 e. The molecule has 1 aliphatic heterocycles. The Hall–Kier alpha value is -1.09. The first kappa shape index (κ1) is 8.51. The van der Waals surface area contributed by atoms with Crippen LogP contribution < -0.4 is 4.90 Å². The molecule has 13 heavy (non-hydrogen) atoms. The summed E-state index contributed by atoms with van der Waals surface area (Å²) in [6.07, 6.45) is 3.38. The molecule has 0 radical (unpaired) electrons. The van der Waals surface area contributed by atoms with E-state index in [9.17, 15) is 5.11 Å². The molecular weight excluding hydrogens is 164 g/mol. The molecule has 1 aromatic heterocycles. The van der Waals surface area contributed by atoms with Crippen LogP contribution in [0.5, 0.6) is 0 Å². The molecule has 0 amide bonds. The third-order valence-corrected chi connectivity index (χ3v) is 2.60. The van der Waals surface area contributed by atoms with Gasteiger partial charge in [0.1, 0.15) is 0 Å². The second-order valence-corrected chi connectivity index (χ2v) is 3.66. The maximum atomic E-state index is 9.57. The number of rotatable bonds is 1. The van der Waals surface area contributed by atoms with Crippen molar-refractivity contribution in [3.63, 3.8) is 0 Å². The lowest BCUT2D eigenvalue weighted by atomic mass is 10.1. The summed E-state index contributed by atoms with van der Waals surface area (Å²) in [5.74, 6) is 0.369. The van der Waals surface area contributed by atoms with Gasteiger partial charge in [-0.2, -0.15) is 0 Å². The van der Waals surface area contributed by atoms with E-state index in [1.807, 2.05) is 12.1 Å². The monoisotopic (exact) mass is 178 g/mol. The number of β-amino-alcohol motifs (C(OH)–C–C–N with tert-alkyl or cyclic N) is 1. The molecule has 1 aromatic rings. The molecule has 1 saturated heterocycles. The third-order valence-electron chi connectivity index (χ3n) is 2.60. The van der Waals surface area contributed by atoms with E-state index in [1.165, 1.54) is 0 Å². The molecule has 70 valence electrons. The highest BCUT2D eigenvalue weighted by Gasteiger charge is 2.27. The van der Waals surface area contributed by atoms with Crippen molar-refractivity contribution in [2.75, 3.05) is 18.0 Å². The quantitative estimate of drug-likeness (QED) is 0.694. The predicted octanol–water partition coefficient (Wildman–Crippen LogP) is 0.899. The lowest BCUT2D eigenvalue weighted by molar-refractivity contribution is 0.157. The fourth-order valence-corrected chi connectivity index (χ4v) is 1.72. The number of hydrogen-bond acceptors (Lipinski definition) is 3. The van der Waals surface area contributed by atoms with Crippen LogP contribution in [0.2, 0.25) is 0 Å². The van der Waals surface area contributed by atoms with Gasteiger partial charge in [-0.1, -0.05) is 6.92 Å². The van der Waals surface area contributed by atoms with Crippen molar-refractivity contribution in [3.8, 4) is 0 Å². The maximum Gasteiger partial charge on any atom is 0.0757 e. The van der Waals surface area contributed by atoms with Gasteiger partial charge in [-0.15, -0.1) is 0 Å². The molecule has 3 nitrogen and oxygen atoms in total. The van der Waals surface area contributed by atoms with Crippen LogP contribution in [0, 0.1) is 5.92 Å². The largest absolute Gasteiger partial charge is 0.391 e. The number of aliphatic hydroxyl groups is 1. The van der Waals surface area contributed by atoms with Crippen molar-refractivity contribution in [1.82, 2.24) is 4.98 Å². The molecule has 3 heteroatoms. The van der Waals surface area contributed by atoms with Crippen molar-refractivity contribution in [2.24, 2.45) is 5.92 Å². The van der Waals surface area contributed by atoms with E-state index in [1.54, 1.807) is 12.4 Å². The number of pyridine rings is 1. The molecule has 1 aliphatic rings. The molecule has 2 unspecified atom stereocenters. The standard InChI is InChI=1S/C10H14N2O/c1-8-6-12(7-10(8)13)9-2-4-11-5-3-9/h2-5,8,10,13H,6-7H2,1H3. The maximum absolute atomic E-state index is 9.57. The number of anilines is 1. The van der Waals surface area contributed by atoms with Gasteiger partial charge >= 0.3 is 0 Å². The number of hydrogen-bond donors (Lipinski definition) is 1. The summed E-state index contributed by atoms with van der Waals surface area (Å²) in [7, 11) is 0. The van der Waals surface area contributed by atoms with Gasteiger partial charge in [-0.3, -0.25) is 4.98 Å². The van der Waals surface area contributed by atoms with Gasteiger partial charge in [0.05, 0.1) is 6.10 Å². The average molecular weight is 178 g/mol. The van der Waals surface area contributed by atoms with Crippen LogP contribution in [0.1, 0.15) is 6.92 Å². The highest BCUT2D eigenvalue weighted by molar-refractivity contribution is 5.45. The number of aromatic nitrogens is 1. The first-order valence-electron chi connectivity index (χ1n) is 4.60. The average Bonchev–Trinajstić information content (AvgIpc) is 2.49. The fraction of sp³-hybridized carbons (Fsp3) is 0.500. The van der Waals surface area contributed by atoms with Gasteiger partial charge in [0.25, 0.3) is 0 Å². The van der Waals surface area contributed by atoms with Gasteiger partial charge in [-0.25, -0.2) is 0 Å². The Bertz CT molecular complexity index is 266. The van der Waals surface area contributed by atoms with E-state index < -0.39 is 0 Å². The molecule has 0 saturated carbocycles. The normalized spacial score (nSPS) is 28.0. The Morgan fingerprint density at radius 1 is 1.38 bits per heavy atom. The van der Waals surface area contributed by atoms with Gasteiger partial charge in [0, 0.05) is 37.1 Å². The van der Waals surface area contributed by atoms with Gasteiger partial charge in [-0.05, 0) is 12.1 Å². The summed E-state index contributed by atoms with van der Waals surface area (Å²) < 4.78 is 0. The zero-order valence-corrected chi connectivity index (χ0v) is 7.72. The summed E-state index contributed by atoms with van der Waals surface area (Å²) in [5.41, 5.74) is 1.15. The zero-order valence-electron chi connectivity index (χ0n) is 7.72. The van der Waals surface area contributed by atoms with Crippen LogP contribution in [-0.2, 0) is 0 Å². The Labute approximate surface area is 78.0 Å². The Morgan fingerprint density at radius 3 is 2.62 bits per heavy atom. The molecule has 0 aromatic carbocycles. The SMILES string of the molecule is CC1CN(c2ccncc2)CC1O. The number of aliphatic hydroxyl groups excluding tert-OH is 1. The van der Waals surface area contributed by atoms with E-state index in [4.69, 9.17) is 0 Å². The third kappa shape index (κ3) is 1.65. The summed E-state index contributed by atoms with van der Waals surface area (Å²) in [6, 6.07) is 3.95. The van der Waals surface area contributed by atoms with Crippen molar-refractivity contribution < 1.29 is 5.11 Å². The van der Waals surface area contributed by atoms with Crippen LogP contribution in [0.4, 0.5) is 5.69 Å². The van der Waals surface area contributed by atoms with Crippen LogP contribution in [0.3, 0.4) is 0 Å². The van der Waals surface area contributed by atoms with E-state index in [-0.39, 0.29) is 6.10 Å². The molecule has 2 atom stereocenters. The second kappa shape index (κ2) is 3.34. The molecule has 2 heterocycles. The molecule has 0 spiro atoms. The summed E-state index contributed by atoms with van der Waals surface area (Å²) >= 11 is 0. The summed E-state index contributed by atoms with van der Waals surface area (Å²) in [5, 5.41) is 9.57. The van der Waals surface area contributed by atoms with Crippen molar-refractivity contribution in [1.29, 1.82) is 0 Å². The first-order valence-corrected chi connectivity index (χ1v) is 4.60. The number of nitrogens with zero attached hydrogens (tertiary/aromatic N) is 2. The highest BCUT2D eigenvalue weighted by atomic mass is 16.3. The highest BCUT2D eigenvalue weighted by Crippen LogP contribution is 2.22. The van der Waals surface area contributed by atoms with Crippen molar-refractivity contribution >= 4 is 5.69 Å². The molecular formula is C10H14N2O. The lowest BCUT2D eigenvalue weighted by Gasteiger charge is -2.17. The molecule has 0 bridgehead atoms. The van der Waals surface area contributed by atoms with E-state index in [0.29, 0.717) is 5.92 Å². The van der Waals surface area contributed by atoms with Gasteiger partial charge in [0.2, 0.25) is 0 Å². The smallest absolute Gasteiger partial charge is 0.0757 e. The lowest BCUT2D eigenvalue weighted by Crippen LogP contribution is -2.20. The van der Waals surface area contributed by atoms with Crippen LogP contribution >= 0.6 is 0 Å². The molecule has 2 rings (SSSR count). The van der Waals surface area contributed by atoms with Gasteiger partial charge in [0.15, 0.2) is 0 Å². The minimum absolute atomic E-state index is 0.187. The van der Waals surface area contributed by atoms with E-state index >= 15 is 0 Å². The first-order chi connectivity index (χ1) is 6.27. The Morgan fingerprint density at radius 2 is 2.08 bits per heavy atom.